The number of nitrogens with one attached hydrogen (secondary N) is 1. The maximum atomic E-state index is 10.7. The number of aromatic nitrogens is 2. The molecule has 0 saturated carbocycles. The van der Waals surface area contributed by atoms with Crippen LogP contribution in [-0.2, 0) is 4.79 Å². The molecule has 1 unspecified atom stereocenters. The smallest absolute Gasteiger partial charge is 0.305 e. The molecule has 0 saturated heterocycles. The summed E-state index contributed by atoms with van der Waals surface area (Å²) < 4.78 is 0. The number of carbonyl (C=O) groups is 1. The molecule has 0 amide bonds. The third kappa shape index (κ3) is 3.84. The number of carboxylic acids is 1. The number of hydrogen-bond acceptors (Lipinski definition) is 4. The van der Waals surface area contributed by atoms with Crippen LogP contribution < -0.4 is 5.32 Å². The van der Waals surface area contributed by atoms with Gasteiger partial charge < -0.3 is 10.4 Å². The molecule has 1 heterocycles. The van der Waals surface area contributed by atoms with Crippen LogP contribution in [0.15, 0.2) is 12.4 Å². The Morgan fingerprint density at radius 2 is 2.00 bits per heavy atom. The first-order valence-corrected chi connectivity index (χ1v) is 5.26. The molecule has 5 nitrogen and oxygen atoms in total. The van der Waals surface area contributed by atoms with E-state index in [1.807, 2.05) is 20.8 Å². The van der Waals surface area contributed by atoms with Crippen molar-refractivity contribution in [2.45, 2.75) is 33.2 Å². The zero-order valence-electron chi connectivity index (χ0n) is 9.77. The van der Waals surface area contributed by atoms with Gasteiger partial charge >= 0.3 is 5.97 Å². The van der Waals surface area contributed by atoms with Gasteiger partial charge in [0, 0.05) is 18.4 Å². The predicted molar refractivity (Wildman–Crippen MR) is 61.3 cm³/mol. The Hall–Kier alpha value is -1.65. The molecule has 0 bridgehead atoms. The lowest BCUT2D eigenvalue weighted by Crippen LogP contribution is -2.29. The van der Waals surface area contributed by atoms with Crippen molar-refractivity contribution in [3.63, 3.8) is 0 Å². The molecule has 0 aliphatic carbocycles. The van der Waals surface area contributed by atoms with E-state index < -0.39 is 5.97 Å². The van der Waals surface area contributed by atoms with Gasteiger partial charge in [-0.25, -0.2) is 9.97 Å². The van der Waals surface area contributed by atoms with Crippen LogP contribution >= 0.6 is 0 Å². The van der Waals surface area contributed by atoms with E-state index in [1.54, 1.807) is 12.4 Å². The van der Waals surface area contributed by atoms with Gasteiger partial charge in [-0.2, -0.15) is 0 Å². The van der Waals surface area contributed by atoms with Crippen molar-refractivity contribution in [3.05, 3.63) is 18.0 Å². The molecule has 0 radical (unpaired) electrons. The van der Waals surface area contributed by atoms with E-state index in [0.717, 1.165) is 5.56 Å². The number of hydrogen-bond donors (Lipinski definition) is 2. The van der Waals surface area contributed by atoms with Gasteiger partial charge in [0.1, 0.15) is 0 Å². The molecular weight excluding hydrogens is 206 g/mol. The van der Waals surface area contributed by atoms with Gasteiger partial charge in [0.05, 0.1) is 6.42 Å². The van der Waals surface area contributed by atoms with E-state index in [4.69, 9.17) is 5.11 Å². The Morgan fingerprint density at radius 3 is 2.44 bits per heavy atom. The maximum absolute atomic E-state index is 10.7. The number of rotatable bonds is 5. The fourth-order valence-corrected chi connectivity index (χ4v) is 1.27. The molecule has 88 valence electrons. The minimum absolute atomic E-state index is 0.0644. The fourth-order valence-electron chi connectivity index (χ4n) is 1.27. The third-order valence-corrected chi connectivity index (χ3v) is 2.29. The highest BCUT2D eigenvalue weighted by atomic mass is 16.4. The Bertz CT molecular complexity index is 349. The Labute approximate surface area is 94.9 Å². The van der Waals surface area contributed by atoms with Crippen molar-refractivity contribution in [1.82, 2.24) is 9.97 Å². The summed E-state index contributed by atoms with van der Waals surface area (Å²) >= 11 is 0. The monoisotopic (exact) mass is 223 g/mol. The molecule has 0 aliphatic rings. The Morgan fingerprint density at radius 1 is 1.44 bits per heavy atom. The van der Waals surface area contributed by atoms with Crippen LogP contribution in [-0.4, -0.2) is 27.1 Å². The number of nitrogens with zero attached hydrogens (tertiary/aromatic N) is 2. The summed E-state index contributed by atoms with van der Waals surface area (Å²) in [6.45, 7) is 5.84. The molecule has 1 aromatic rings. The zero-order valence-corrected chi connectivity index (χ0v) is 9.77. The molecule has 1 rings (SSSR count). The summed E-state index contributed by atoms with van der Waals surface area (Å²) in [4.78, 5) is 18.9. The van der Waals surface area contributed by atoms with Crippen LogP contribution in [0.1, 0.15) is 25.8 Å². The summed E-state index contributed by atoms with van der Waals surface area (Å²) in [5.41, 5.74) is 0.977. The molecule has 1 aromatic heterocycles. The molecule has 16 heavy (non-hydrogen) atoms. The van der Waals surface area contributed by atoms with Gasteiger partial charge in [0.25, 0.3) is 0 Å². The van der Waals surface area contributed by atoms with Crippen LogP contribution in [0.25, 0.3) is 0 Å². The summed E-state index contributed by atoms with van der Waals surface area (Å²) in [6, 6.07) is -0.153. The van der Waals surface area contributed by atoms with Crippen molar-refractivity contribution >= 4 is 11.9 Å². The number of anilines is 1. The predicted octanol–water partition coefficient (Wildman–Crippen LogP) is 1.70. The summed E-state index contributed by atoms with van der Waals surface area (Å²) in [5.74, 6) is -0.134. The van der Waals surface area contributed by atoms with Gasteiger partial charge in [-0.05, 0) is 18.4 Å². The van der Waals surface area contributed by atoms with Crippen molar-refractivity contribution in [1.29, 1.82) is 0 Å². The first-order valence-electron chi connectivity index (χ1n) is 5.26. The molecule has 0 spiro atoms. The van der Waals surface area contributed by atoms with Crippen molar-refractivity contribution in [2.75, 3.05) is 5.32 Å². The van der Waals surface area contributed by atoms with Crippen LogP contribution in [0.3, 0.4) is 0 Å². The second-order valence-corrected chi connectivity index (χ2v) is 4.18. The average Bonchev–Trinajstić information content (AvgIpc) is 2.19. The summed E-state index contributed by atoms with van der Waals surface area (Å²) in [5, 5.41) is 11.8. The summed E-state index contributed by atoms with van der Waals surface area (Å²) in [6.07, 6.45) is 3.47. The second-order valence-electron chi connectivity index (χ2n) is 4.18. The fraction of sp³-hybridized carbons (Fsp3) is 0.545. The molecule has 0 aliphatic heterocycles. The lowest BCUT2D eigenvalue weighted by Gasteiger charge is -2.20. The van der Waals surface area contributed by atoms with E-state index in [0.29, 0.717) is 5.95 Å². The largest absolute Gasteiger partial charge is 0.481 e. The SMILES string of the molecule is Cc1cnc(NC(CC(=O)O)C(C)C)nc1. The first kappa shape index (κ1) is 12.4. The minimum atomic E-state index is -0.821. The van der Waals surface area contributed by atoms with E-state index in [9.17, 15) is 4.79 Å². The Kier molecular flexibility index (Phi) is 4.22. The van der Waals surface area contributed by atoms with E-state index >= 15 is 0 Å². The average molecular weight is 223 g/mol. The van der Waals surface area contributed by atoms with E-state index in [-0.39, 0.29) is 18.4 Å². The lowest BCUT2D eigenvalue weighted by molar-refractivity contribution is -0.137. The number of aliphatic carboxylic acids is 1. The minimum Gasteiger partial charge on any atom is -0.481 e. The van der Waals surface area contributed by atoms with E-state index in [1.165, 1.54) is 0 Å². The topological polar surface area (TPSA) is 75.1 Å². The molecule has 1 atom stereocenters. The van der Waals surface area contributed by atoms with Crippen LogP contribution in [0, 0.1) is 12.8 Å². The van der Waals surface area contributed by atoms with Crippen LogP contribution in [0.5, 0.6) is 0 Å². The van der Waals surface area contributed by atoms with Crippen LogP contribution in [0.2, 0.25) is 0 Å². The molecule has 5 heteroatoms. The standard InChI is InChI=1S/C11H17N3O2/c1-7(2)9(4-10(15)16)14-11-12-5-8(3)6-13-11/h5-7,9H,4H2,1-3H3,(H,15,16)(H,12,13,14). The molecule has 0 aromatic carbocycles. The van der Waals surface area contributed by atoms with Gasteiger partial charge in [-0.15, -0.1) is 0 Å². The lowest BCUT2D eigenvalue weighted by atomic mass is 10.0. The molecular formula is C11H17N3O2. The normalized spacial score (nSPS) is 12.5. The van der Waals surface area contributed by atoms with Gasteiger partial charge in [-0.3, -0.25) is 4.79 Å². The molecule has 0 fully saturated rings. The quantitative estimate of drug-likeness (QED) is 0.794. The number of carboxylic acid groups (broad SMARTS) is 1. The highest BCUT2D eigenvalue weighted by molar-refractivity contribution is 5.68. The van der Waals surface area contributed by atoms with Crippen molar-refractivity contribution < 1.29 is 9.90 Å². The van der Waals surface area contributed by atoms with Gasteiger partial charge in [0.2, 0.25) is 5.95 Å². The first-order chi connectivity index (χ1) is 7.49. The summed E-state index contributed by atoms with van der Waals surface area (Å²) in [7, 11) is 0. The third-order valence-electron chi connectivity index (χ3n) is 2.29. The highest BCUT2D eigenvalue weighted by Gasteiger charge is 2.17. The maximum Gasteiger partial charge on any atom is 0.305 e. The van der Waals surface area contributed by atoms with Gasteiger partial charge in [0.15, 0.2) is 0 Å². The second kappa shape index (κ2) is 5.44. The zero-order chi connectivity index (χ0) is 12.1. The van der Waals surface area contributed by atoms with Crippen molar-refractivity contribution in [2.24, 2.45) is 5.92 Å². The Balaban J connectivity index is 2.67. The highest BCUT2D eigenvalue weighted by Crippen LogP contribution is 2.11. The van der Waals surface area contributed by atoms with Crippen molar-refractivity contribution in [3.8, 4) is 0 Å². The number of aryl methyl sites for hydroxylation is 1. The molecule has 2 N–H and O–H groups in total. The van der Waals surface area contributed by atoms with E-state index in [2.05, 4.69) is 15.3 Å². The van der Waals surface area contributed by atoms with Crippen LogP contribution in [0.4, 0.5) is 5.95 Å². The van der Waals surface area contributed by atoms with Gasteiger partial charge in [-0.1, -0.05) is 13.8 Å².